The van der Waals surface area contributed by atoms with Crippen LogP contribution in [0.25, 0.3) is 21.9 Å². The first-order chi connectivity index (χ1) is 19.1. The molecule has 0 aliphatic carbocycles. The van der Waals surface area contributed by atoms with Gasteiger partial charge < -0.3 is 15.4 Å². The molecule has 202 valence electrons. The van der Waals surface area contributed by atoms with E-state index >= 15 is 0 Å². The van der Waals surface area contributed by atoms with Gasteiger partial charge in [-0.3, -0.25) is 24.3 Å². The smallest absolute Gasteiger partial charge is 0.324 e. The molecule has 0 fully saturated rings. The topological polar surface area (TPSA) is 172 Å². The van der Waals surface area contributed by atoms with Gasteiger partial charge in [0.1, 0.15) is 23.0 Å². The first kappa shape index (κ1) is 26.5. The van der Waals surface area contributed by atoms with E-state index in [0.717, 1.165) is 9.87 Å². The SMILES string of the molecule is Cn1c(=O)c(Cc2ccc(C(=N)N)cc2)nc2cc(N(CC(=O)O)S(=O)(=O)c3cccc4cccnc34)ccc21. The minimum atomic E-state index is -4.37. The zero-order chi connectivity index (χ0) is 28.6. The summed E-state index contributed by atoms with van der Waals surface area (Å²) >= 11 is 0. The Labute approximate surface area is 228 Å². The summed E-state index contributed by atoms with van der Waals surface area (Å²) in [5, 5.41) is 17.8. The number of para-hydroxylation sites is 1. The third-order valence-electron chi connectivity index (χ3n) is 6.49. The summed E-state index contributed by atoms with van der Waals surface area (Å²) in [5.74, 6) is -1.42. The summed E-state index contributed by atoms with van der Waals surface area (Å²) in [6.07, 6.45) is 1.66. The number of fused-ring (bicyclic) bond motifs is 2. The minimum absolute atomic E-state index is 0.0704. The van der Waals surface area contributed by atoms with E-state index in [2.05, 4.69) is 9.97 Å². The van der Waals surface area contributed by atoms with Crippen molar-refractivity contribution in [2.24, 2.45) is 12.8 Å². The molecule has 0 amide bonds. The average molecular weight is 557 g/mol. The van der Waals surface area contributed by atoms with E-state index in [1.54, 1.807) is 55.6 Å². The zero-order valence-electron chi connectivity index (χ0n) is 21.3. The van der Waals surface area contributed by atoms with Gasteiger partial charge in [-0.15, -0.1) is 0 Å². The minimum Gasteiger partial charge on any atom is -0.480 e. The standard InChI is InChI=1S/C28H24N6O5S/c1-33-23-12-11-20(15-21(23)32-22(28(33)37)14-17-7-9-19(10-8-17)27(29)30)34(16-25(35)36)40(38,39)24-6-2-4-18-5-3-13-31-26(18)24/h2-13,15H,14,16H2,1H3,(H3,29,30)(H,35,36). The molecule has 3 aromatic carbocycles. The molecule has 4 N–H and O–H groups in total. The van der Waals surface area contributed by atoms with Crippen molar-refractivity contribution in [3.8, 4) is 0 Å². The third-order valence-corrected chi connectivity index (χ3v) is 8.30. The van der Waals surface area contributed by atoms with Crippen LogP contribution in [0.15, 0.2) is 88.7 Å². The molecule has 2 heterocycles. The van der Waals surface area contributed by atoms with Gasteiger partial charge in [0.25, 0.3) is 15.6 Å². The first-order valence-electron chi connectivity index (χ1n) is 12.1. The number of carboxylic acid groups (broad SMARTS) is 1. The number of rotatable bonds is 8. The van der Waals surface area contributed by atoms with Crippen LogP contribution in [0.3, 0.4) is 0 Å². The number of nitrogens with zero attached hydrogens (tertiary/aromatic N) is 4. The van der Waals surface area contributed by atoms with Crippen LogP contribution >= 0.6 is 0 Å². The summed E-state index contributed by atoms with van der Waals surface area (Å²) < 4.78 is 29.9. The van der Waals surface area contributed by atoms with Crippen LogP contribution in [-0.4, -0.2) is 46.4 Å². The normalized spacial score (nSPS) is 11.5. The van der Waals surface area contributed by atoms with E-state index in [0.29, 0.717) is 22.0 Å². The number of nitrogens with two attached hydrogens (primary N) is 1. The van der Waals surface area contributed by atoms with Crippen LogP contribution in [0, 0.1) is 5.41 Å². The fraction of sp³-hybridized carbons (Fsp3) is 0.107. The average Bonchev–Trinajstić information content (AvgIpc) is 2.94. The van der Waals surface area contributed by atoms with Crippen LogP contribution in [-0.2, 0) is 28.3 Å². The van der Waals surface area contributed by atoms with E-state index in [1.165, 1.54) is 35.0 Å². The Kier molecular flexibility index (Phi) is 6.78. The number of carbonyl (C=O) groups is 1. The summed E-state index contributed by atoms with van der Waals surface area (Å²) in [6, 6.07) is 19.4. The second-order valence-corrected chi connectivity index (χ2v) is 11.0. The largest absolute Gasteiger partial charge is 0.480 e. The highest BCUT2D eigenvalue weighted by atomic mass is 32.2. The zero-order valence-corrected chi connectivity index (χ0v) is 22.1. The predicted molar refractivity (Wildman–Crippen MR) is 151 cm³/mol. The number of hydrogen-bond donors (Lipinski definition) is 3. The molecular weight excluding hydrogens is 532 g/mol. The second-order valence-electron chi connectivity index (χ2n) is 9.12. The number of hydrogen-bond acceptors (Lipinski definition) is 7. The Morgan fingerprint density at radius 2 is 1.80 bits per heavy atom. The maximum Gasteiger partial charge on any atom is 0.324 e. The number of benzene rings is 3. The first-order valence-corrected chi connectivity index (χ1v) is 13.5. The lowest BCUT2D eigenvalue weighted by atomic mass is 10.1. The van der Waals surface area contributed by atoms with E-state index in [1.807, 2.05) is 0 Å². The molecule has 40 heavy (non-hydrogen) atoms. The van der Waals surface area contributed by atoms with E-state index in [9.17, 15) is 23.1 Å². The van der Waals surface area contributed by atoms with Crippen molar-refractivity contribution >= 4 is 49.5 Å². The molecule has 5 rings (SSSR count). The van der Waals surface area contributed by atoms with Crippen molar-refractivity contribution in [2.45, 2.75) is 11.3 Å². The summed E-state index contributed by atoms with van der Waals surface area (Å²) in [7, 11) is -2.78. The lowest BCUT2D eigenvalue weighted by Crippen LogP contribution is -2.36. The van der Waals surface area contributed by atoms with E-state index in [4.69, 9.17) is 11.1 Å². The Bertz CT molecular complexity index is 1960. The number of aliphatic carboxylic acids is 1. The summed E-state index contributed by atoms with van der Waals surface area (Å²) in [4.78, 5) is 33.5. The fourth-order valence-corrected chi connectivity index (χ4v) is 6.06. The van der Waals surface area contributed by atoms with Gasteiger partial charge in [-0.05, 0) is 35.9 Å². The van der Waals surface area contributed by atoms with Crippen molar-refractivity contribution in [2.75, 3.05) is 10.8 Å². The Morgan fingerprint density at radius 3 is 2.50 bits per heavy atom. The molecule has 0 aliphatic heterocycles. The van der Waals surface area contributed by atoms with Crippen molar-refractivity contribution in [3.05, 3.63) is 106 Å². The van der Waals surface area contributed by atoms with Crippen molar-refractivity contribution in [1.82, 2.24) is 14.5 Å². The monoisotopic (exact) mass is 556 g/mol. The lowest BCUT2D eigenvalue weighted by Gasteiger charge is -2.23. The molecule has 0 bridgehead atoms. The van der Waals surface area contributed by atoms with Crippen molar-refractivity contribution < 1.29 is 18.3 Å². The van der Waals surface area contributed by atoms with Crippen molar-refractivity contribution in [1.29, 1.82) is 5.41 Å². The highest BCUT2D eigenvalue weighted by molar-refractivity contribution is 7.93. The van der Waals surface area contributed by atoms with Gasteiger partial charge in [-0.25, -0.2) is 13.4 Å². The number of aromatic nitrogens is 3. The van der Waals surface area contributed by atoms with Crippen LogP contribution in [0.1, 0.15) is 16.8 Å². The molecule has 0 saturated heterocycles. The summed E-state index contributed by atoms with van der Waals surface area (Å²) in [5.41, 5.74) is 7.79. The number of amidine groups is 1. The number of nitrogen functional groups attached to an aromatic ring is 1. The molecular formula is C28H24N6O5S. The molecule has 0 radical (unpaired) electrons. The Balaban J connectivity index is 1.61. The van der Waals surface area contributed by atoms with Gasteiger partial charge in [-0.2, -0.15) is 0 Å². The van der Waals surface area contributed by atoms with Crippen LogP contribution in [0.4, 0.5) is 5.69 Å². The van der Waals surface area contributed by atoms with Gasteiger partial charge in [-0.1, -0.05) is 42.5 Å². The fourth-order valence-electron chi connectivity index (χ4n) is 4.49. The molecule has 0 spiro atoms. The van der Waals surface area contributed by atoms with Gasteiger partial charge in [0.2, 0.25) is 0 Å². The second kappa shape index (κ2) is 10.2. The lowest BCUT2D eigenvalue weighted by molar-refractivity contribution is -0.135. The number of aryl methyl sites for hydroxylation is 1. The molecule has 0 saturated carbocycles. The van der Waals surface area contributed by atoms with Crippen LogP contribution in [0.5, 0.6) is 0 Å². The number of pyridine rings is 1. The van der Waals surface area contributed by atoms with Gasteiger partial charge in [0, 0.05) is 30.6 Å². The van der Waals surface area contributed by atoms with Gasteiger partial charge in [0.05, 0.1) is 22.2 Å². The third kappa shape index (κ3) is 4.87. The maximum absolute atomic E-state index is 13.8. The van der Waals surface area contributed by atoms with Gasteiger partial charge >= 0.3 is 5.97 Å². The number of anilines is 1. The Hall–Kier alpha value is -5.10. The predicted octanol–water partition coefficient (Wildman–Crippen LogP) is 2.64. The van der Waals surface area contributed by atoms with Crippen LogP contribution < -0.4 is 15.6 Å². The van der Waals surface area contributed by atoms with Gasteiger partial charge in [0.15, 0.2) is 0 Å². The molecule has 2 aromatic heterocycles. The quantitative estimate of drug-likeness (QED) is 0.193. The number of carboxylic acids is 1. The Morgan fingerprint density at radius 1 is 1.07 bits per heavy atom. The number of nitrogens with one attached hydrogen (secondary N) is 1. The molecule has 0 aliphatic rings. The molecule has 5 aromatic rings. The number of sulfonamides is 1. The summed E-state index contributed by atoms with van der Waals surface area (Å²) in [6.45, 7) is -0.835. The molecule has 0 unspecified atom stereocenters. The molecule has 0 atom stereocenters. The highest BCUT2D eigenvalue weighted by Crippen LogP contribution is 2.29. The maximum atomic E-state index is 13.8. The van der Waals surface area contributed by atoms with Crippen LogP contribution in [0.2, 0.25) is 0 Å². The molecule has 12 heteroatoms. The van der Waals surface area contributed by atoms with E-state index < -0.39 is 22.5 Å². The highest BCUT2D eigenvalue weighted by Gasteiger charge is 2.29. The van der Waals surface area contributed by atoms with Crippen molar-refractivity contribution in [3.63, 3.8) is 0 Å². The van der Waals surface area contributed by atoms with E-state index in [-0.39, 0.29) is 39.6 Å². The molecule has 11 nitrogen and oxygen atoms in total.